The minimum atomic E-state index is -0.421. The van der Waals surface area contributed by atoms with E-state index in [0.717, 1.165) is 0 Å². The third-order valence-corrected chi connectivity index (χ3v) is 4.76. The van der Waals surface area contributed by atoms with Crippen LogP contribution in [0.2, 0.25) is 0 Å². The van der Waals surface area contributed by atoms with Crippen molar-refractivity contribution in [3.05, 3.63) is 30.1 Å². The number of aromatic nitrogens is 3. The average molecular weight is 347 g/mol. The van der Waals surface area contributed by atoms with Gasteiger partial charge >= 0.3 is 0 Å². The van der Waals surface area contributed by atoms with Gasteiger partial charge in [0.1, 0.15) is 5.75 Å². The third-order valence-electron chi connectivity index (χ3n) is 3.72. The molecule has 0 aliphatic carbocycles. The zero-order valence-electron chi connectivity index (χ0n) is 13.3. The number of hydrogen-bond donors (Lipinski definition) is 1. The summed E-state index contributed by atoms with van der Waals surface area (Å²) in [5, 5.41) is 8.84. The number of amides is 2. The van der Waals surface area contributed by atoms with E-state index < -0.39 is 5.91 Å². The van der Waals surface area contributed by atoms with E-state index in [1.807, 2.05) is 31.2 Å². The number of nitrogens with zero attached hydrogens (tertiary/aromatic N) is 4. The first-order valence-corrected chi connectivity index (χ1v) is 8.32. The van der Waals surface area contributed by atoms with Crippen molar-refractivity contribution in [3.63, 3.8) is 0 Å². The van der Waals surface area contributed by atoms with Gasteiger partial charge in [0.05, 0.1) is 17.5 Å². The summed E-state index contributed by atoms with van der Waals surface area (Å²) in [5.41, 5.74) is 5.87. The van der Waals surface area contributed by atoms with Crippen molar-refractivity contribution < 1.29 is 14.3 Å². The number of carbonyl (C=O) groups is 2. The molecule has 2 heterocycles. The highest BCUT2D eigenvalue weighted by Crippen LogP contribution is 2.37. The van der Waals surface area contributed by atoms with Crippen LogP contribution in [0.25, 0.3) is 0 Å². The summed E-state index contributed by atoms with van der Waals surface area (Å²) in [6.45, 7) is 1.87. The molecule has 0 saturated heterocycles. The Morgan fingerprint density at radius 3 is 2.92 bits per heavy atom. The summed E-state index contributed by atoms with van der Waals surface area (Å²) in [6.07, 6.45) is 0. The summed E-state index contributed by atoms with van der Waals surface area (Å²) in [6, 6.07) is 7.04. The van der Waals surface area contributed by atoms with E-state index in [1.165, 1.54) is 11.8 Å². The minimum absolute atomic E-state index is 0.0114. The molecule has 0 spiro atoms. The smallest absolute Gasteiger partial charge is 0.265 e. The average Bonchev–Trinajstić information content (AvgIpc) is 2.93. The number of hydrogen-bond acceptors (Lipinski definition) is 6. The van der Waals surface area contributed by atoms with Crippen molar-refractivity contribution in [2.24, 2.45) is 12.8 Å². The van der Waals surface area contributed by atoms with Crippen LogP contribution in [0, 0.1) is 0 Å². The first-order valence-electron chi connectivity index (χ1n) is 7.33. The van der Waals surface area contributed by atoms with Gasteiger partial charge in [-0.15, -0.1) is 10.2 Å². The molecule has 1 aliphatic rings. The number of ether oxygens (including phenoxy) is 1. The molecule has 126 valence electrons. The maximum atomic E-state index is 12.4. The molecule has 24 heavy (non-hydrogen) atoms. The van der Waals surface area contributed by atoms with E-state index in [4.69, 9.17) is 10.5 Å². The second kappa shape index (κ2) is 6.52. The lowest BCUT2D eigenvalue weighted by molar-refractivity contribution is -0.121. The first-order chi connectivity index (χ1) is 11.5. The first kappa shape index (κ1) is 16.3. The van der Waals surface area contributed by atoms with Crippen LogP contribution < -0.4 is 15.4 Å². The van der Waals surface area contributed by atoms with E-state index in [0.29, 0.717) is 22.4 Å². The Labute approximate surface area is 143 Å². The Morgan fingerprint density at radius 1 is 1.42 bits per heavy atom. The molecular formula is C15H17N5O3S. The van der Waals surface area contributed by atoms with Crippen molar-refractivity contribution in [2.75, 3.05) is 17.3 Å². The predicted molar refractivity (Wildman–Crippen MR) is 88.8 cm³/mol. The highest BCUT2D eigenvalue weighted by molar-refractivity contribution is 7.99. The zero-order valence-corrected chi connectivity index (χ0v) is 14.1. The van der Waals surface area contributed by atoms with Crippen LogP contribution in [-0.2, 0) is 16.6 Å². The number of fused-ring (bicyclic) bond motifs is 1. The van der Waals surface area contributed by atoms with Crippen LogP contribution in [0.1, 0.15) is 18.8 Å². The van der Waals surface area contributed by atoms with Crippen LogP contribution in [0.4, 0.5) is 5.69 Å². The van der Waals surface area contributed by atoms with Gasteiger partial charge in [0, 0.05) is 7.05 Å². The Bertz CT molecular complexity index is 791. The van der Waals surface area contributed by atoms with E-state index in [2.05, 4.69) is 10.2 Å². The Kier molecular flexibility index (Phi) is 4.43. The standard InChI is InChI=1S/C15H17N5O3S/c1-9(14-17-18-15(19(14)2)24-8-12(16)21)20-10-5-3-4-6-11(10)23-7-13(20)22/h3-6,9H,7-8H2,1-2H3,(H2,16,21)/t9-/m0/s1. The predicted octanol–water partition coefficient (Wildman–Crippen LogP) is 0.879. The van der Waals surface area contributed by atoms with Crippen molar-refractivity contribution in [3.8, 4) is 5.75 Å². The van der Waals surface area contributed by atoms with Gasteiger partial charge < -0.3 is 15.0 Å². The fourth-order valence-corrected chi connectivity index (χ4v) is 3.27. The van der Waals surface area contributed by atoms with Crippen molar-refractivity contribution in [2.45, 2.75) is 18.1 Å². The number of rotatable bonds is 5. The normalized spacial score (nSPS) is 14.9. The molecule has 2 aromatic rings. The summed E-state index contributed by atoms with van der Waals surface area (Å²) >= 11 is 1.21. The lowest BCUT2D eigenvalue weighted by Crippen LogP contribution is -2.41. The Balaban J connectivity index is 1.91. The fraction of sp³-hybridized carbons (Fsp3) is 0.333. The van der Waals surface area contributed by atoms with E-state index in [1.54, 1.807) is 16.5 Å². The number of nitrogens with two attached hydrogens (primary N) is 1. The lowest BCUT2D eigenvalue weighted by Gasteiger charge is -2.33. The maximum absolute atomic E-state index is 12.4. The van der Waals surface area contributed by atoms with Gasteiger partial charge in [0.25, 0.3) is 5.91 Å². The molecule has 2 N–H and O–H groups in total. The Hall–Kier alpha value is -2.55. The van der Waals surface area contributed by atoms with Crippen molar-refractivity contribution in [1.82, 2.24) is 14.8 Å². The van der Waals surface area contributed by atoms with Crippen LogP contribution in [-0.4, -0.2) is 38.9 Å². The summed E-state index contributed by atoms with van der Waals surface area (Å²) in [7, 11) is 1.80. The van der Waals surface area contributed by atoms with Gasteiger partial charge in [0.15, 0.2) is 17.6 Å². The third kappa shape index (κ3) is 2.94. The molecule has 0 fully saturated rings. The monoisotopic (exact) mass is 347 g/mol. The molecule has 1 atom stereocenters. The molecule has 0 saturated carbocycles. The molecule has 9 heteroatoms. The molecule has 1 aromatic heterocycles. The molecule has 0 bridgehead atoms. The molecule has 8 nitrogen and oxygen atoms in total. The topological polar surface area (TPSA) is 103 Å². The number of primary amides is 1. The van der Waals surface area contributed by atoms with Gasteiger partial charge in [0.2, 0.25) is 5.91 Å². The summed E-state index contributed by atoms with van der Waals surface area (Å²) in [4.78, 5) is 25.0. The molecular weight excluding hydrogens is 330 g/mol. The molecule has 1 aliphatic heterocycles. The van der Waals surface area contributed by atoms with Gasteiger partial charge in [-0.3, -0.25) is 14.5 Å². The van der Waals surface area contributed by atoms with Crippen LogP contribution in [0.5, 0.6) is 5.75 Å². The van der Waals surface area contributed by atoms with Crippen LogP contribution in [0.15, 0.2) is 29.4 Å². The molecule has 1 aromatic carbocycles. The highest BCUT2D eigenvalue weighted by Gasteiger charge is 2.32. The fourth-order valence-electron chi connectivity index (χ4n) is 2.61. The summed E-state index contributed by atoms with van der Waals surface area (Å²) < 4.78 is 7.23. The second-order valence-electron chi connectivity index (χ2n) is 5.35. The van der Waals surface area contributed by atoms with Gasteiger partial charge in [-0.05, 0) is 19.1 Å². The molecule has 0 unspecified atom stereocenters. The molecule has 2 amide bonds. The minimum Gasteiger partial charge on any atom is -0.482 e. The van der Waals surface area contributed by atoms with Gasteiger partial charge in [-0.2, -0.15) is 0 Å². The van der Waals surface area contributed by atoms with Crippen LogP contribution in [0.3, 0.4) is 0 Å². The maximum Gasteiger partial charge on any atom is 0.265 e. The SMILES string of the molecule is C[C@@H](c1nnc(SCC(N)=O)n1C)N1C(=O)COc2ccccc21. The number of para-hydroxylation sites is 2. The summed E-state index contributed by atoms with van der Waals surface area (Å²) in [5.74, 6) is 0.839. The van der Waals surface area contributed by atoms with Crippen molar-refractivity contribution in [1.29, 1.82) is 0 Å². The molecule has 0 radical (unpaired) electrons. The van der Waals surface area contributed by atoms with Crippen LogP contribution >= 0.6 is 11.8 Å². The van der Waals surface area contributed by atoms with E-state index >= 15 is 0 Å². The number of thioether (sulfide) groups is 1. The zero-order chi connectivity index (χ0) is 17.3. The lowest BCUT2D eigenvalue weighted by atomic mass is 10.1. The number of benzene rings is 1. The van der Waals surface area contributed by atoms with Crippen molar-refractivity contribution >= 4 is 29.3 Å². The quantitative estimate of drug-likeness (QED) is 0.805. The Morgan fingerprint density at radius 2 is 2.17 bits per heavy atom. The number of carbonyl (C=O) groups excluding carboxylic acids is 2. The van der Waals surface area contributed by atoms with Gasteiger partial charge in [-0.1, -0.05) is 23.9 Å². The molecule has 3 rings (SSSR count). The van der Waals surface area contributed by atoms with Gasteiger partial charge in [-0.25, -0.2) is 0 Å². The number of anilines is 1. The van der Waals surface area contributed by atoms with E-state index in [-0.39, 0.29) is 24.3 Å². The largest absolute Gasteiger partial charge is 0.482 e. The second-order valence-corrected chi connectivity index (χ2v) is 6.29. The van der Waals surface area contributed by atoms with E-state index in [9.17, 15) is 9.59 Å². The highest BCUT2D eigenvalue weighted by atomic mass is 32.2.